The molecule has 1 aliphatic rings. The monoisotopic (exact) mass is 302 g/mol. The Morgan fingerprint density at radius 3 is 2.95 bits per heavy atom. The maximum absolute atomic E-state index is 12.5. The second-order valence-corrected chi connectivity index (χ2v) is 5.28. The Morgan fingerprint density at radius 2 is 2.27 bits per heavy atom. The zero-order valence-corrected chi connectivity index (χ0v) is 12.6. The Kier molecular flexibility index (Phi) is 3.76. The van der Waals surface area contributed by atoms with E-state index in [1.165, 1.54) is 0 Å². The summed E-state index contributed by atoms with van der Waals surface area (Å²) < 4.78 is 7.35. The third-order valence-corrected chi connectivity index (χ3v) is 3.51. The molecule has 116 valence electrons. The van der Waals surface area contributed by atoms with Gasteiger partial charge in [0.05, 0.1) is 30.6 Å². The van der Waals surface area contributed by atoms with Crippen LogP contribution < -0.4 is 5.73 Å². The molecular weight excluding hydrogens is 284 g/mol. The van der Waals surface area contributed by atoms with Gasteiger partial charge in [0.1, 0.15) is 17.7 Å². The lowest BCUT2D eigenvalue weighted by atomic mass is 10.1. The van der Waals surface area contributed by atoms with Gasteiger partial charge in [0.25, 0.3) is 5.91 Å². The van der Waals surface area contributed by atoms with Crippen molar-refractivity contribution >= 4 is 11.7 Å². The van der Waals surface area contributed by atoms with Crippen molar-refractivity contribution < 1.29 is 9.53 Å². The lowest BCUT2D eigenvalue weighted by Crippen LogP contribution is -2.42. The number of nitrogens with zero attached hydrogens (tertiary/aromatic N) is 5. The van der Waals surface area contributed by atoms with Gasteiger partial charge in [0.15, 0.2) is 0 Å². The first-order chi connectivity index (χ1) is 10.5. The highest BCUT2D eigenvalue weighted by atomic mass is 16.5. The molecule has 8 nitrogen and oxygen atoms in total. The molecule has 1 saturated heterocycles. The highest BCUT2D eigenvalue weighted by molar-refractivity contribution is 5.93. The second-order valence-electron chi connectivity index (χ2n) is 5.28. The van der Waals surface area contributed by atoms with Gasteiger partial charge < -0.3 is 15.4 Å². The fourth-order valence-electron chi connectivity index (χ4n) is 2.51. The van der Waals surface area contributed by atoms with Gasteiger partial charge in [-0.1, -0.05) is 0 Å². The minimum Gasteiger partial charge on any atom is -0.384 e. The summed E-state index contributed by atoms with van der Waals surface area (Å²) >= 11 is 0. The molecule has 8 heteroatoms. The van der Waals surface area contributed by atoms with Crippen LogP contribution in [0.5, 0.6) is 0 Å². The minimum atomic E-state index is -0.293. The Balaban J connectivity index is 1.78. The van der Waals surface area contributed by atoms with Crippen LogP contribution in [0.25, 0.3) is 0 Å². The summed E-state index contributed by atoms with van der Waals surface area (Å²) in [5, 5.41) is 4.03. The zero-order chi connectivity index (χ0) is 15.7. The summed E-state index contributed by atoms with van der Waals surface area (Å²) in [7, 11) is 1.78. The highest BCUT2D eigenvalue weighted by Crippen LogP contribution is 2.22. The fourth-order valence-corrected chi connectivity index (χ4v) is 2.51. The van der Waals surface area contributed by atoms with Gasteiger partial charge in [-0.15, -0.1) is 0 Å². The van der Waals surface area contributed by atoms with Crippen molar-refractivity contribution in [2.75, 3.05) is 25.4 Å². The summed E-state index contributed by atoms with van der Waals surface area (Å²) in [5.41, 5.74) is 7.03. The molecule has 2 aromatic heterocycles. The Bertz CT molecular complexity index is 678. The van der Waals surface area contributed by atoms with E-state index in [1.807, 2.05) is 0 Å². The molecule has 0 unspecified atom stereocenters. The first-order valence-electron chi connectivity index (χ1n) is 7.03. The van der Waals surface area contributed by atoms with Crippen molar-refractivity contribution in [1.29, 1.82) is 0 Å². The average Bonchev–Trinajstić information content (AvgIpc) is 2.92. The Labute approximate surface area is 127 Å². The zero-order valence-electron chi connectivity index (χ0n) is 12.6. The SMILES string of the molecule is Cc1nc(N)cc([C@@H]2CN(C(=O)c3cnn(C)c3)CCO2)n1. The molecule has 1 atom stereocenters. The number of carbonyl (C=O) groups excluding carboxylic acids is 1. The Hall–Kier alpha value is -2.48. The van der Waals surface area contributed by atoms with Crippen molar-refractivity contribution in [3.8, 4) is 0 Å². The molecule has 22 heavy (non-hydrogen) atoms. The minimum absolute atomic E-state index is 0.0554. The summed E-state index contributed by atoms with van der Waals surface area (Å²) in [6, 6.07) is 1.69. The summed E-state index contributed by atoms with van der Waals surface area (Å²) in [5.74, 6) is 0.941. The molecule has 0 bridgehead atoms. The van der Waals surface area contributed by atoms with Gasteiger partial charge >= 0.3 is 0 Å². The third-order valence-electron chi connectivity index (χ3n) is 3.51. The normalized spacial score (nSPS) is 18.5. The molecule has 2 N–H and O–H groups in total. The lowest BCUT2D eigenvalue weighted by molar-refractivity contribution is -0.0248. The first kappa shape index (κ1) is 14.5. The number of carbonyl (C=O) groups is 1. The number of nitrogens with two attached hydrogens (primary N) is 1. The van der Waals surface area contributed by atoms with Crippen LogP contribution in [-0.2, 0) is 11.8 Å². The molecule has 0 spiro atoms. The molecule has 0 aromatic carbocycles. The molecule has 0 aliphatic carbocycles. The van der Waals surface area contributed by atoms with Crippen LogP contribution >= 0.6 is 0 Å². The predicted molar refractivity (Wildman–Crippen MR) is 79.0 cm³/mol. The summed E-state index contributed by atoms with van der Waals surface area (Å²) in [4.78, 5) is 22.6. The number of ether oxygens (including phenoxy) is 1. The molecule has 1 amide bonds. The lowest BCUT2D eigenvalue weighted by Gasteiger charge is -2.32. The number of aryl methyl sites for hydroxylation is 2. The van der Waals surface area contributed by atoms with Crippen LogP contribution in [0.15, 0.2) is 18.5 Å². The van der Waals surface area contributed by atoms with Gasteiger partial charge in [0, 0.05) is 25.9 Å². The van der Waals surface area contributed by atoms with E-state index in [0.717, 1.165) is 0 Å². The number of hydrogen-bond acceptors (Lipinski definition) is 6. The van der Waals surface area contributed by atoms with E-state index in [-0.39, 0.29) is 12.0 Å². The van der Waals surface area contributed by atoms with Crippen molar-refractivity contribution in [1.82, 2.24) is 24.6 Å². The van der Waals surface area contributed by atoms with Crippen LogP contribution in [0.2, 0.25) is 0 Å². The van der Waals surface area contributed by atoms with Gasteiger partial charge in [-0.05, 0) is 6.92 Å². The fraction of sp³-hybridized carbons (Fsp3) is 0.429. The Morgan fingerprint density at radius 1 is 1.45 bits per heavy atom. The average molecular weight is 302 g/mol. The number of morpholine rings is 1. The number of nitrogen functional groups attached to an aromatic ring is 1. The van der Waals surface area contributed by atoms with Crippen molar-refractivity contribution in [2.45, 2.75) is 13.0 Å². The van der Waals surface area contributed by atoms with E-state index in [1.54, 1.807) is 42.0 Å². The number of aromatic nitrogens is 4. The molecule has 2 aromatic rings. The number of rotatable bonds is 2. The predicted octanol–water partition coefficient (Wildman–Crippen LogP) is 0.314. The summed E-state index contributed by atoms with van der Waals surface area (Å²) in [6.45, 7) is 3.22. The van der Waals surface area contributed by atoms with E-state index in [0.29, 0.717) is 42.6 Å². The van der Waals surface area contributed by atoms with E-state index in [2.05, 4.69) is 15.1 Å². The maximum Gasteiger partial charge on any atom is 0.257 e. The smallest absolute Gasteiger partial charge is 0.257 e. The summed E-state index contributed by atoms with van der Waals surface area (Å²) in [6.07, 6.45) is 2.98. The van der Waals surface area contributed by atoms with Crippen LogP contribution in [0.1, 0.15) is 28.0 Å². The maximum atomic E-state index is 12.5. The number of hydrogen-bond donors (Lipinski definition) is 1. The molecule has 0 saturated carbocycles. The molecule has 0 radical (unpaired) electrons. The van der Waals surface area contributed by atoms with E-state index >= 15 is 0 Å². The second kappa shape index (κ2) is 5.72. The number of anilines is 1. The van der Waals surface area contributed by atoms with E-state index in [9.17, 15) is 4.79 Å². The van der Waals surface area contributed by atoms with Crippen LogP contribution in [0, 0.1) is 6.92 Å². The van der Waals surface area contributed by atoms with Gasteiger partial charge in [-0.25, -0.2) is 9.97 Å². The largest absolute Gasteiger partial charge is 0.384 e. The van der Waals surface area contributed by atoms with Crippen molar-refractivity contribution in [3.63, 3.8) is 0 Å². The standard InChI is InChI=1S/C14H18N6O2/c1-9-17-11(5-13(15)18-9)12-8-20(3-4-22-12)14(21)10-6-16-19(2)7-10/h5-7,12H,3-4,8H2,1-2H3,(H2,15,17,18)/t12-/m0/s1. The van der Waals surface area contributed by atoms with Gasteiger partial charge in [-0.2, -0.15) is 5.10 Å². The van der Waals surface area contributed by atoms with Crippen LogP contribution in [-0.4, -0.2) is 50.3 Å². The molecule has 1 fully saturated rings. The van der Waals surface area contributed by atoms with Gasteiger partial charge in [-0.3, -0.25) is 9.48 Å². The first-order valence-corrected chi connectivity index (χ1v) is 7.03. The van der Waals surface area contributed by atoms with Crippen molar-refractivity contribution in [2.24, 2.45) is 7.05 Å². The van der Waals surface area contributed by atoms with Crippen molar-refractivity contribution in [3.05, 3.63) is 35.5 Å². The molecule has 3 heterocycles. The van der Waals surface area contributed by atoms with E-state index < -0.39 is 0 Å². The molecular formula is C14H18N6O2. The molecule has 1 aliphatic heterocycles. The quantitative estimate of drug-likeness (QED) is 0.857. The van der Waals surface area contributed by atoms with Gasteiger partial charge in [0.2, 0.25) is 0 Å². The molecule has 3 rings (SSSR count). The van der Waals surface area contributed by atoms with E-state index in [4.69, 9.17) is 10.5 Å². The van der Waals surface area contributed by atoms with Crippen LogP contribution in [0.3, 0.4) is 0 Å². The highest BCUT2D eigenvalue weighted by Gasteiger charge is 2.28. The third kappa shape index (κ3) is 2.91. The van der Waals surface area contributed by atoms with Crippen LogP contribution in [0.4, 0.5) is 5.82 Å². The number of amides is 1. The topological polar surface area (TPSA) is 99.2 Å².